The van der Waals surface area contributed by atoms with Crippen molar-refractivity contribution in [3.05, 3.63) is 71.3 Å². The first kappa shape index (κ1) is 14.6. The van der Waals surface area contributed by atoms with Crippen LogP contribution in [0.4, 0.5) is 4.79 Å². The summed E-state index contributed by atoms with van der Waals surface area (Å²) < 4.78 is 5.27. The van der Waals surface area contributed by atoms with Crippen LogP contribution in [0.5, 0.6) is 0 Å². The maximum absolute atomic E-state index is 12.0. The van der Waals surface area contributed by atoms with Gasteiger partial charge in [-0.3, -0.25) is 0 Å². The molecule has 0 aromatic heterocycles. The number of aliphatic hydroxyl groups is 1. The van der Waals surface area contributed by atoms with Crippen molar-refractivity contribution in [2.45, 2.75) is 19.1 Å². The van der Waals surface area contributed by atoms with Crippen LogP contribution in [0.1, 0.15) is 16.7 Å². The van der Waals surface area contributed by atoms with Crippen molar-refractivity contribution in [1.29, 1.82) is 0 Å². The molecule has 0 bridgehead atoms. The molecule has 0 atom stereocenters. The first-order valence-corrected chi connectivity index (χ1v) is 7.33. The van der Waals surface area contributed by atoms with Gasteiger partial charge in [0.1, 0.15) is 12.2 Å². The number of ether oxygens (including phenoxy) is 1. The Kier molecular flexibility index (Phi) is 3.86. The van der Waals surface area contributed by atoms with Gasteiger partial charge in [-0.15, -0.1) is 0 Å². The van der Waals surface area contributed by atoms with Crippen LogP contribution in [0.25, 0.3) is 0 Å². The van der Waals surface area contributed by atoms with Crippen molar-refractivity contribution in [1.82, 2.24) is 4.90 Å². The van der Waals surface area contributed by atoms with Crippen LogP contribution in [0.2, 0.25) is 0 Å². The molecule has 1 fully saturated rings. The minimum atomic E-state index is -0.961. The minimum absolute atomic E-state index is 0.249. The highest BCUT2D eigenvalue weighted by molar-refractivity contribution is 5.69. The van der Waals surface area contributed by atoms with E-state index in [2.05, 4.69) is 0 Å². The van der Waals surface area contributed by atoms with Crippen LogP contribution in [-0.2, 0) is 16.9 Å². The molecule has 114 valence electrons. The third-order valence-electron chi connectivity index (χ3n) is 4.01. The Labute approximate surface area is 130 Å². The molecule has 1 aliphatic rings. The number of hydrogen-bond donors (Lipinski definition) is 1. The van der Waals surface area contributed by atoms with E-state index in [-0.39, 0.29) is 25.8 Å². The summed E-state index contributed by atoms with van der Waals surface area (Å²) in [5.74, 6) is 0. The fourth-order valence-electron chi connectivity index (χ4n) is 2.79. The van der Waals surface area contributed by atoms with Gasteiger partial charge < -0.3 is 14.7 Å². The van der Waals surface area contributed by atoms with Crippen LogP contribution >= 0.6 is 0 Å². The lowest BCUT2D eigenvalue weighted by Crippen LogP contribution is -2.61. The van der Waals surface area contributed by atoms with E-state index in [9.17, 15) is 9.90 Å². The van der Waals surface area contributed by atoms with Gasteiger partial charge in [0.2, 0.25) is 0 Å². The van der Waals surface area contributed by atoms with Crippen LogP contribution < -0.4 is 0 Å². The molecule has 1 saturated heterocycles. The van der Waals surface area contributed by atoms with Gasteiger partial charge in [0.05, 0.1) is 13.1 Å². The average molecular weight is 297 g/mol. The van der Waals surface area contributed by atoms with Crippen LogP contribution in [0.15, 0.2) is 54.6 Å². The lowest BCUT2D eigenvalue weighted by Gasteiger charge is -2.46. The number of benzene rings is 2. The first-order valence-electron chi connectivity index (χ1n) is 7.33. The highest BCUT2D eigenvalue weighted by Gasteiger charge is 2.46. The summed E-state index contributed by atoms with van der Waals surface area (Å²) in [5.41, 5.74) is 1.90. The molecule has 2 aromatic rings. The molecule has 1 aliphatic heterocycles. The monoisotopic (exact) mass is 297 g/mol. The third-order valence-corrected chi connectivity index (χ3v) is 4.01. The van der Waals surface area contributed by atoms with Crippen molar-refractivity contribution in [2.24, 2.45) is 0 Å². The van der Waals surface area contributed by atoms with Gasteiger partial charge >= 0.3 is 6.09 Å². The standard InChI is InChI=1S/C18H19NO3/c1-14-7-5-6-10-16(14)18(21)12-19(13-18)17(20)22-11-15-8-3-2-4-9-15/h2-10,21H,11-13H2,1H3. The number of carbonyl (C=O) groups is 1. The highest BCUT2D eigenvalue weighted by Crippen LogP contribution is 2.34. The van der Waals surface area contributed by atoms with Crippen LogP contribution in [0, 0.1) is 6.92 Å². The summed E-state index contributed by atoms with van der Waals surface area (Å²) in [6.45, 7) is 2.75. The largest absolute Gasteiger partial charge is 0.445 e. The molecule has 0 spiro atoms. The molecule has 1 amide bonds. The maximum Gasteiger partial charge on any atom is 0.410 e. The first-order chi connectivity index (χ1) is 10.6. The maximum atomic E-state index is 12.0. The van der Waals surface area contributed by atoms with Crippen molar-refractivity contribution in [3.8, 4) is 0 Å². The topological polar surface area (TPSA) is 49.8 Å². The zero-order chi connectivity index (χ0) is 15.6. The summed E-state index contributed by atoms with van der Waals surface area (Å²) in [5, 5.41) is 10.6. The van der Waals surface area contributed by atoms with Crippen molar-refractivity contribution in [2.75, 3.05) is 13.1 Å². The van der Waals surface area contributed by atoms with E-state index in [1.165, 1.54) is 4.90 Å². The Bertz CT molecular complexity index is 663. The molecule has 0 saturated carbocycles. The van der Waals surface area contributed by atoms with Crippen LogP contribution in [0.3, 0.4) is 0 Å². The number of hydrogen-bond acceptors (Lipinski definition) is 3. The summed E-state index contributed by atoms with van der Waals surface area (Å²) in [7, 11) is 0. The molecule has 3 rings (SSSR count). The number of nitrogens with zero attached hydrogens (tertiary/aromatic N) is 1. The summed E-state index contributed by atoms with van der Waals surface area (Å²) >= 11 is 0. The Hall–Kier alpha value is -2.33. The molecular weight excluding hydrogens is 278 g/mol. The van der Waals surface area contributed by atoms with E-state index in [0.29, 0.717) is 0 Å². The number of β-amino-alcohol motifs (C(OH)–C–C–N with tert-alkyl or cyclic N) is 1. The third kappa shape index (κ3) is 2.83. The fraction of sp³-hybridized carbons (Fsp3) is 0.278. The fourth-order valence-corrected chi connectivity index (χ4v) is 2.79. The highest BCUT2D eigenvalue weighted by atomic mass is 16.6. The Morgan fingerprint density at radius 2 is 1.77 bits per heavy atom. The van der Waals surface area contributed by atoms with Gasteiger partial charge in [0.25, 0.3) is 0 Å². The number of rotatable bonds is 3. The van der Waals surface area contributed by atoms with Gasteiger partial charge in [-0.1, -0.05) is 54.6 Å². The molecule has 22 heavy (non-hydrogen) atoms. The van der Waals surface area contributed by atoms with E-state index in [1.54, 1.807) is 0 Å². The van der Waals surface area contributed by atoms with E-state index in [0.717, 1.165) is 16.7 Å². The van der Waals surface area contributed by atoms with Crippen molar-refractivity contribution >= 4 is 6.09 Å². The summed E-state index contributed by atoms with van der Waals surface area (Å²) in [6.07, 6.45) is -0.387. The van der Waals surface area contributed by atoms with Gasteiger partial charge in [-0.2, -0.15) is 0 Å². The van der Waals surface area contributed by atoms with Gasteiger partial charge in [0.15, 0.2) is 0 Å². The minimum Gasteiger partial charge on any atom is -0.445 e. The van der Waals surface area contributed by atoms with E-state index in [4.69, 9.17) is 4.74 Å². The molecule has 1 heterocycles. The normalized spacial score (nSPS) is 16.0. The quantitative estimate of drug-likeness (QED) is 0.947. The van der Waals surface area contributed by atoms with E-state index in [1.807, 2.05) is 61.5 Å². The molecular formula is C18H19NO3. The van der Waals surface area contributed by atoms with Gasteiger partial charge in [0, 0.05) is 0 Å². The average Bonchev–Trinajstić information content (AvgIpc) is 2.51. The molecule has 4 nitrogen and oxygen atoms in total. The SMILES string of the molecule is Cc1ccccc1C1(O)CN(C(=O)OCc2ccccc2)C1. The molecule has 0 radical (unpaired) electrons. The number of likely N-dealkylation sites (tertiary alicyclic amines) is 1. The van der Waals surface area contributed by atoms with Gasteiger partial charge in [-0.25, -0.2) is 4.79 Å². The Morgan fingerprint density at radius 3 is 2.45 bits per heavy atom. The molecule has 1 N–H and O–H groups in total. The lowest BCUT2D eigenvalue weighted by molar-refractivity contribution is -0.0952. The van der Waals surface area contributed by atoms with E-state index >= 15 is 0 Å². The summed E-state index contributed by atoms with van der Waals surface area (Å²) in [6, 6.07) is 17.3. The molecule has 0 aliphatic carbocycles. The number of aryl methyl sites for hydroxylation is 1. The number of carbonyl (C=O) groups excluding carboxylic acids is 1. The number of amides is 1. The lowest BCUT2D eigenvalue weighted by atomic mass is 9.84. The Balaban J connectivity index is 1.56. The second-order valence-corrected chi connectivity index (χ2v) is 5.74. The van der Waals surface area contributed by atoms with Gasteiger partial charge in [-0.05, 0) is 23.6 Å². The zero-order valence-electron chi connectivity index (χ0n) is 12.5. The zero-order valence-corrected chi connectivity index (χ0v) is 12.5. The second kappa shape index (κ2) is 5.81. The predicted molar refractivity (Wildman–Crippen MR) is 83.3 cm³/mol. The molecule has 4 heteroatoms. The Morgan fingerprint density at radius 1 is 1.14 bits per heavy atom. The van der Waals surface area contributed by atoms with E-state index < -0.39 is 5.60 Å². The van der Waals surface area contributed by atoms with Crippen LogP contribution in [-0.4, -0.2) is 29.2 Å². The van der Waals surface area contributed by atoms with Crippen molar-refractivity contribution in [3.63, 3.8) is 0 Å². The summed E-state index contributed by atoms with van der Waals surface area (Å²) in [4.78, 5) is 13.5. The smallest absolute Gasteiger partial charge is 0.410 e. The van der Waals surface area contributed by atoms with Crippen molar-refractivity contribution < 1.29 is 14.6 Å². The predicted octanol–water partition coefficient (Wildman–Crippen LogP) is 2.84. The molecule has 0 unspecified atom stereocenters. The molecule has 2 aromatic carbocycles. The second-order valence-electron chi connectivity index (χ2n) is 5.74.